The highest BCUT2D eigenvalue weighted by Crippen LogP contribution is 2.46. The van der Waals surface area contributed by atoms with Gasteiger partial charge in [0.25, 0.3) is 0 Å². The van der Waals surface area contributed by atoms with E-state index in [4.69, 9.17) is 18.9 Å². The molecule has 1 aliphatic carbocycles. The summed E-state index contributed by atoms with van der Waals surface area (Å²) in [5, 5.41) is 2.96. The first-order valence-electron chi connectivity index (χ1n) is 10.5. The zero-order valence-electron chi connectivity index (χ0n) is 18.7. The quantitative estimate of drug-likeness (QED) is 0.742. The highest BCUT2D eigenvalue weighted by Gasteiger charge is 2.38. The average molecular weight is 437 g/mol. The molecule has 0 aromatic heterocycles. The van der Waals surface area contributed by atoms with Crippen LogP contribution in [0, 0.1) is 0 Å². The van der Waals surface area contributed by atoms with Gasteiger partial charge in [-0.05, 0) is 47.7 Å². The summed E-state index contributed by atoms with van der Waals surface area (Å²) in [7, 11) is 6.29. The molecule has 1 N–H and O–H groups in total. The van der Waals surface area contributed by atoms with E-state index < -0.39 is 0 Å². The Bertz CT molecular complexity index is 1050. The van der Waals surface area contributed by atoms with Crippen molar-refractivity contribution in [3.63, 3.8) is 0 Å². The van der Waals surface area contributed by atoms with Gasteiger partial charge in [-0.25, -0.2) is 0 Å². The van der Waals surface area contributed by atoms with Crippen LogP contribution in [0.5, 0.6) is 23.0 Å². The van der Waals surface area contributed by atoms with Gasteiger partial charge in [0.05, 0.1) is 28.4 Å². The molecule has 1 heterocycles. The Morgan fingerprint density at radius 3 is 2.00 bits per heavy atom. The predicted octanol–water partition coefficient (Wildman–Crippen LogP) is 3.73. The first-order valence-corrected chi connectivity index (χ1v) is 10.5. The van der Waals surface area contributed by atoms with Crippen molar-refractivity contribution in [2.45, 2.75) is 31.1 Å². The van der Waals surface area contributed by atoms with E-state index in [0.717, 1.165) is 16.9 Å². The maximum atomic E-state index is 13.3. The first-order chi connectivity index (χ1) is 15.5. The number of Topliss-reactive ketones (excluding diaryl/α,β-unsaturated/α-hetero) is 1. The molecule has 7 heteroatoms. The van der Waals surface area contributed by atoms with Crippen molar-refractivity contribution >= 4 is 11.7 Å². The highest BCUT2D eigenvalue weighted by atomic mass is 16.5. The summed E-state index contributed by atoms with van der Waals surface area (Å²) in [6, 6.07) is 11.3. The summed E-state index contributed by atoms with van der Waals surface area (Å²) in [6.45, 7) is 0. The van der Waals surface area contributed by atoms with Crippen molar-refractivity contribution in [1.29, 1.82) is 0 Å². The van der Waals surface area contributed by atoms with Crippen molar-refractivity contribution < 1.29 is 28.5 Å². The van der Waals surface area contributed by atoms with Gasteiger partial charge in [-0.15, -0.1) is 0 Å². The fourth-order valence-corrected chi connectivity index (χ4v) is 4.65. The number of rotatable bonds is 6. The van der Waals surface area contributed by atoms with Crippen LogP contribution in [0.4, 0.5) is 0 Å². The fourth-order valence-electron chi connectivity index (χ4n) is 4.65. The molecule has 0 radical (unpaired) electrons. The van der Waals surface area contributed by atoms with Gasteiger partial charge in [-0.3, -0.25) is 9.59 Å². The minimum Gasteiger partial charge on any atom is -0.497 e. The zero-order valence-corrected chi connectivity index (χ0v) is 18.7. The fraction of sp³-hybridized carbons (Fsp3) is 0.360. The Morgan fingerprint density at radius 2 is 1.44 bits per heavy atom. The van der Waals surface area contributed by atoms with Gasteiger partial charge in [0, 0.05) is 30.0 Å². The minimum atomic E-state index is -0.252. The van der Waals surface area contributed by atoms with E-state index in [0.29, 0.717) is 41.4 Å². The van der Waals surface area contributed by atoms with Crippen LogP contribution in [0.15, 0.2) is 47.7 Å². The molecule has 0 spiro atoms. The normalized spacial score (nSPS) is 20.4. The number of hydrogen-bond acceptors (Lipinski definition) is 6. The van der Waals surface area contributed by atoms with Crippen LogP contribution in [-0.4, -0.2) is 40.1 Å². The summed E-state index contributed by atoms with van der Waals surface area (Å²) < 4.78 is 21.6. The smallest absolute Gasteiger partial charge is 0.225 e. The molecular formula is C25H27NO6. The van der Waals surface area contributed by atoms with Crippen molar-refractivity contribution in [3.05, 3.63) is 58.8 Å². The molecule has 0 fully saturated rings. The molecule has 1 aliphatic heterocycles. The van der Waals surface area contributed by atoms with Crippen LogP contribution in [0.3, 0.4) is 0 Å². The number of methoxy groups -OCH3 is 4. The van der Waals surface area contributed by atoms with Gasteiger partial charge < -0.3 is 24.3 Å². The summed E-state index contributed by atoms with van der Waals surface area (Å²) >= 11 is 0. The van der Waals surface area contributed by atoms with E-state index in [2.05, 4.69) is 5.32 Å². The molecule has 2 aromatic rings. The zero-order chi connectivity index (χ0) is 22.8. The van der Waals surface area contributed by atoms with Gasteiger partial charge in [0.2, 0.25) is 11.7 Å². The summed E-state index contributed by atoms with van der Waals surface area (Å²) in [5.41, 5.74) is 3.25. The standard InChI is InChI=1S/C25H27NO6/c1-29-17-7-5-14(6-8-17)18-13-23(28)26-19-9-15(10-20(27)24(18)19)16-11-21(30-2)25(32-4)22(12-16)31-3/h5-8,11-12,15,18H,9-10,13H2,1-4H3,(H,26,28)/t15-,18-/m0/s1. The summed E-state index contributed by atoms with van der Waals surface area (Å²) in [5.74, 6) is 1.93. The molecule has 2 aliphatic rings. The van der Waals surface area contributed by atoms with Crippen molar-refractivity contribution in [2.75, 3.05) is 28.4 Å². The molecule has 2 atom stereocenters. The van der Waals surface area contributed by atoms with E-state index >= 15 is 0 Å². The van der Waals surface area contributed by atoms with Crippen LogP contribution >= 0.6 is 0 Å². The Balaban J connectivity index is 1.70. The summed E-state index contributed by atoms with van der Waals surface area (Å²) in [6.07, 6.45) is 1.16. The van der Waals surface area contributed by atoms with Gasteiger partial charge >= 0.3 is 0 Å². The lowest BCUT2D eigenvalue weighted by Crippen LogP contribution is -2.38. The van der Waals surface area contributed by atoms with Gasteiger partial charge in [-0.2, -0.15) is 0 Å². The predicted molar refractivity (Wildman–Crippen MR) is 119 cm³/mol. The number of nitrogens with one attached hydrogen (secondary N) is 1. The first kappa shape index (κ1) is 21.7. The lowest BCUT2D eigenvalue weighted by molar-refractivity contribution is -0.122. The number of benzene rings is 2. The van der Waals surface area contributed by atoms with Crippen LogP contribution in [0.1, 0.15) is 42.2 Å². The highest BCUT2D eigenvalue weighted by molar-refractivity contribution is 6.02. The molecule has 32 heavy (non-hydrogen) atoms. The Labute approximate surface area is 187 Å². The van der Waals surface area contributed by atoms with Crippen LogP contribution in [-0.2, 0) is 9.59 Å². The van der Waals surface area contributed by atoms with E-state index in [1.165, 1.54) is 0 Å². The molecular weight excluding hydrogens is 410 g/mol. The molecule has 0 unspecified atom stereocenters. The average Bonchev–Trinajstić information content (AvgIpc) is 2.82. The van der Waals surface area contributed by atoms with E-state index in [9.17, 15) is 9.59 Å². The molecule has 7 nitrogen and oxygen atoms in total. The number of amides is 1. The van der Waals surface area contributed by atoms with E-state index in [-0.39, 0.29) is 29.9 Å². The lowest BCUT2D eigenvalue weighted by Gasteiger charge is -2.34. The Kier molecular flexibility index (Phi) is 6.08. The van der Waals surface area contributed by atoms with Gasteiger partial charge in [0.1, 0.15) is 5.75 Å². The maximum absolute atomic E-state index is 13.3. The number of allylic oxidation sites excluding steroid dienone is 2. The number of hydrogen-bond donors (Lipinski definition) is 1. The largest absolute Gasteiger partial charge is 0.497 e. The van der Waals surface area contributed by atoms with E-state index in [1.807, 2.05) is 36.4 Å². The van der Waals surface area contributed by atoms with E-state index in [1.54, 1.807) is 28.4 Å². The second kappa shape index (κ2) is 8.94. The number of carbonyl (C=O) groups is 2. The third kappa shape index (κ3) is 3.90. The number of carbonyl (C=O) groups excluding carboxylic acids is 2. The van der Waals surface area contributed by atoms with Crippen LogP contribution in [0.2, 0.25) is 0 Å². The number of ether oxygens (including phenoxy) is 4. The molecule has 4 rings (SSSR count). The molecule has 168 valence electrons. The second-order valence-electron chi connectivity index (χ2n) is 7.96. The maximum Gasteiger partial charge on any atom is 0.225 e. The van der Waals surface area contributed by atoms with Crippen LogP contribution in [0.25, 0.3) is 0 Å². The lowest BCUT2D eigenvalue weighted by atomic mass is 9.73. The molecule has 1 amide bonds. The third-order valence-electron chi connectivity index (χ3n) is 6.21. The third-order valence-corrected chi connectivity index (χ3v) is 6.21. The Morgan fingerprint density at radius 1 is 0.781 bits per heavy atom. The monoisotopic (exact) mass is 437 g/mol. The SMILES string of the molecule is COc1ccc([C@@H]2CC(=O)NC3=C2C(=O)C[C@@H](c2cc(OC)c(OC)c(OC)c2)C3)cc1. The Hall–Kier alpha value is -3.48. The van der Waals surface area contributed by atoms with Crippen molar-refractivity contribution in [1.82, 2.24) is 5.32 Å². The van der Waals surface area contributed by atoms with Crippen molar-refractivity contribution in [2.24, 2.45) is 0 Å². The number of ketones is 1. The summed E-state index contributed by atoms with van der Waals surface area (Å²) in [4.78, 5) is 25.9. The van der Waals surface area contributed by atoms with Crippen LogP contribution < -0.4 is 24.3 Å². The van der Waals surface area contributed by atoms with Crippen molar-refractivity contribution in [3.8, 4) is 23.0 Å². The van der Waals surface area contributed by atoms with Gasteiger partial charge in [-0.1, -0.05) is 12.1 Å². The van der Waals surface area contributed by atoms with Gasteiger partial charge in [0.15, 0.2) is 17.3 Å². The molecule has 0 saturated heterocycles. The molecule has 0 saturated carbocycles. The second-order valence-corrected chi connectivity index (χ2v) is 7.96. The molecule has 2 aromatic carbocycles. The topological polar surface area (TPSA) is 83.1 Å². The molecule has 0 bridgehead atoms. The minimum absolute atomic E-state index is 0.0471.